The highest BCUT2D eigenvalue weighted by atomic mass is 32.2. The number of carbonyl (C=O) groups is 1. The van der Waals surface area contributed by atoms with Crippen molar-refractivity contribution in [2.45, 2.75) is 36.3 Å². The van der Waals surface area contributed by atoms with E-state index in [1.54, 1.807) is 48.5 Å². The van der Waals surface area contributed by atoms with E-state index < -0.39 is 27.6 Å². The number of aryl methyl sites for hydroxylation is 1. The van der Waals surface area contributed by atoms with Crippen LogP contribution in [0, 0.1) is 18.3 Å². The molecule has 0 N–H and O–H groups in total. The molecule has 2 aliphatic rings. The van der Waals surface area contributed by atoms with Gasteiger partial charge in [-0.3, -0.25) is 4.79 Å². The molecule has 0 bridgehead atoms. The Morgan fingerprint density at radius 1 is 1.21 bits per heavy atom. The Morgan fingerprint density at radius 2 is 1.86 bits per heavy atom. The Hall–Kier alpha value is -2.95. The Kier molecular flexibility index (Phi) is 4.56. The Labute approximate surface area is 170 Å². The lowest BCUT2D eigenvalue weighted by atomic mass is 9.83. The molecule has 0 aromatic heterocycles. The maximum atomic E-state index is 13.3. The molecule has 0 amide bonds. The Bertz CT molecular complexity index is 1130. The van der Waals surface area contributed by atoms with Gasteiger partial charge in [0.25, 0.3) is 0 Å². The number of sulfonamides is 1. The van der Waals surface area contributed by atoms with E-state index in [1.165, 1.54) is 4.31 Å². The molecule has 29 heavy (non-hydrogen) atoms. The van der Waals surface area contributed by atoms with Crippen molar-refractivity contribution in [3.05, 3.63) is 71.8 Å². The van der Waals surface area contributed by atoms with E-state index in [1.807, 2.05) is 6.92 Å². The molecular weight excluding hydrogens is 388 g/mol. The maximum absolute atomic E-state index is 13.3. The predicted molar refractivity (Wildman–Crippen MR) is 107 cm³/mol. The summed E-state index contributed by atoms with van der Waals surface area (Å²) < 4.78 is 33.6. The van der Waals surface area contributed by atoms with E-state index in [9.17, 15) is 13.2 Å². The van der Waals surface area contributed by atoms with Crippen LogP contribution in [-0.2, 0) is 19.6 Å². The topological polar surface area (TPSA) is 87.5 Å². The van der Waals surface area contributed by atoms with E-state index in [0.29, 0.717) is 17.6 Å². The van der Waals surface area contributed by atoms with Crippen LogP contribution in [0.15, 0.2) is 60.0 Å². The quantitative estimate of drug-likeness (QED) is 0.726. The summed E-state index contributed by atoms with van der Waals surface area (Å²) in [6, 6.07) is 14.9. The second kappa shape index (κ2) is 6.83. The van der Waals surface area contributed by atoms with Gasteiger partial charge in [-0.1, -0.05) is 36.4 Å². The fraction of sp³-hybridized carbons (Fsp3) is 0.273. The van der Waals surface area contributed by atoms with Gasteiger partial charge in [0.15, 0.2) is 5.60 Å². The average Bonchev–Trinajstić information content (AvgIpc) is 3.23. The number of nitrogens with zero attached hydrogens (tertiary/aromatic N) is 2. The lowest BCUT2D eigenvalue weighted by Crippen LogP contribution is -2.44. The first-order valence-corrected chi connectivity index (χ1v) is 10.7. The Morgan fingerprint density at radius 3 is 2.48 bits per heavy atom. The van der Waals surface area contributed by atoms with Crippen LogP contribution < -0.4 is 0 Å². The first-order valence-electron chi connectivity index (χ1n) is 9.28. The van der Waals surface area contributed by atoms with E-state index >= 15 is 0 Å². The van der Waals surface area contributed by atoms with Gasteiger partial charge >= 0.3 is 5.97 Å². The molecule has 0 saturated carbocycles. The van der Waals surface area contributed by atoms with Crippen LogP contribution in [0.1, 0.15) is 29.5 Å². The normalized spacial score (nSPS) is 24.0. The molecule has 7 heteroatoms. The van der Waals surface area contributed by atoms with Gasteiger partial charge in [0, 0.05) is 13.0 Å². The maximum Gasteiger partial charge on any atom is 0.308 e. The zero-order valence-electron chi connectivity index (χ0n) is 16.0. The molecule has 2 saturated heterocycles. The number of carbonyl (C=O) groups excluding carboxylic acids is 1. The van der Waals surface area contributed by atoms with E-state index in [4.69, 9.17) is 10.00 Å². The molecule has 2 aliphatic heterocycles. The molecule has 2 fully saturated rings. The number of nitriles is 1. The number of fused-ring (bicyclic) bond motifs is 1. The molecular formula is C22H20N2O4S. The van der Waals surface area contributed by atoms with Gasteiger partial charge in [0.1, 0.15) is 0 Å². The van der Waals surface area contributed by atoms with Crippen molar-refractivity contribution in [3.8, 4) is 6.07 Å². The summed E-state index contributed by atoms with van der Waals surface area (Å²) in [7, 11) is -3.78. The zero-order chi connectivity index (χ0) is 20.8. The fourth-order valence-electron chi connectivity index (χ4n) is 4.16. The molecule has 4 rings (SSSR count). The number of esters is 1. The third-order valence-electron chi connectivity index (χ3n) is 5.75. The summed E-state index contributed by atoms with van der Waals surface area (Å²) in [6.45, 7) is 6.28. The molecule has 2 atom stereocenters. The van der Waals surface area contributed by atoms with E-state index in [0.717, 1.165) is 11.1 Å². The monoisotopic (exact) mass is 408 g/mol. The van der Waals surface area contributed by atoms with Crippen molar-refractivity contribution in [1.29, 1.82) is 5.26 Å². The third kappa shape index (κ3) is 3.05. The standard InChI is InChI=1S/C22H20N2O4S/c1-15-3-9-19(10-4-15)29(26,27)24-12-11-22(20(24)13-21(25)28-22)16(2)18-7-5-17(14-23)6-8-18/h3-10,20H,2,11-13H2,1H3/t20-,22+/m0/s1. The lowest BCUT2D eigenvalue weighted by molar-refractivity contribution is -0.144. The highest BCUT2D eigenvalue weighted by Gasteiger charge is 2.60. The van der Waals surface area contributed by atoms with Crippen LogP contribution in [0.4, 0.5) is 0 Å². The van der Waals surface area contributed by atoms with Crippen LogP contribution in [-0.4, -0.2) is 36.9 Å². The van der Waals surface area contributed by atoms with Crippen LogP contribution in [0.2, 0.25) is 0 Å². The van der Waals surface area contributed by atoms with E-state index in [2.05, 4.69) is 12.6 Å². The average molecular weight is 408 g/mol. The molecule has 0 spiro atoms. The van der Waals surface area contributed by atoms with Crippen molar-refractivity contribution < 1.29 is 17.9 Å². The fourth-order valence-corrected chi connectivity index (χ4v) is 5.82. The van der Waals surface area contributed by atoms with Crippen molar-refractivity contribution in [1.82, 2.24) is 4.31 Å². The van der Waals surface area contributed by atoms with Crippen molar-refractivity contribution in [2.75, 3.05) is 6.54 Å². The zero-order valence-corrected chi connectivity index (χ0v) is 16.8. The summed E-state index contributed by atoms with van der Waals surface area (Å²) in [6.07, 6.45) is 0.327. The molecule has 2 aromatic rings. The first-order chi connectivity index (χ1) is 13.8. The molecule has 2 heterocycles. The van der Waals surface area contributed by atoms with Gasteiger partial charge in [-0.2, -0.15) is 9.57 Å². The van der Waals surface area contributed by atoms with E-state index in [-0.39, 0.29) is 17.9 Å². The van der Waals surface area contributed by atoms with Crippen LogP contribution >= 0.6 is 0 Å². The second-order valence-corrected chi connectivity index (χ2v) is 9.32. The van der Waals surface area contributed by atoms with Gasteiger partial charge in [-0.15, -0.1) is 0 Å². The van der Waals surface area contributed by atoms with Crippen LogP contribution in [0.25, 0.3) is 5.57 Å². The lowest BCUT2D eigenvalue weighted by Gasteiger charge is -2.31. The summed E-state index contributed by atoms with van der Waals surface area (Å²) >= 11 is 0. The van der Waals surface area contributed by atoms with Gasteiger partial charge in [0.05, 0.1) is 29.0 Å². The summed E-state index contributed by atoms with van der Waals surface area (Å²) in [5.41, 5.74) is 1.66. The summed E-state index contributed by atoms with van der Waals surface area (Å²) in [5.74, 6) is -0.436. The first kappa shape index (κ1) is 19.4. The third-order valence-corrected chi connectivity index (χ3v) is 7.67. The van der Waals surface area contributed by atoms with Crippen LogP contribution in [0.3, 0.4) is 0 Å². The molecule has 148 valence electrons. The highest BCUT2D eigenvalue weighted by Crippen LogP contribution is 2.49. The number of ether oxygens (including phenoxy) is 1. The van der Waals surface area contributed by atoms with Gasteiger partial charge < -0.3 is 4.74 Å². The van der Waals surface area contributed by atoms with Crippen LogP contribution in [0.5, 0.6) is 0 Å². The van der Waals surface area contributed by atoms with Crippen molar-refractivity contribution in [3.63, 3.8) is 0 Å². The SMILES string of the molecule is C=C(c1ccc(C#N)cc1)[C@]12CCN(S(=O)(=O)c3ccc(C)cc3)[C@H]1CC(=O)O2. The van der Waals surface area contributed by atoms with Crippen molar-refractivity contribution in [2.24, 2.45) is 0 Å². The van der Waals surface area contributed by atoms with Crippen molar-refractivity contribution >= 4 is 21.6 Å². The minimum absolute atomic E-state index is 0.0135. The molecule has 0 aliphatic carbocycles. The van der Waals surface area contributed by atoms with Gasteiger partial charge in [0.2, 0.25) is 10.0 Å². The number of hydrogen-bond acceptors (Lipinski definition) is 5. The minimum Gasteiger partial charge on any atom is -0.452 e. The summed E-state index contributed by atoms with van der Waals surface area (Å²) in [5, 5.41) is 9.00. The Balaban J connectivity index is 1.71. The molecule has 0 radical (unpaired) electrons. The van der Waals surface area contributed by atoms with Gasteiger partial charge in [-0.05, 0) is 42.3 Å². The predicted octanol–water partition coefficient (Wildman–Crippen LogP) is 3.03. The number of hydrogen-bond donors (Lipinski definition) is 0. The molecule has 0 unspecified atom stereocenters. The minimum atomic E-state index is -3.78. The number of rotatable bonds is 4. The largest absolute Gasteiger partial charge is 0.452 e. The molecule has 6 nitrogen and oxygen atoms in total. The van der Waals surface area contributed by atoms with Gasteiger partial charge in [-0.25, -0.2) is 8.42 Å². The molecule has 2 aromatic carbocycles. The second-order valence-electron chi connectivity index (χ2n) is 7.43. The highest BCUT2D eigenvalue weighted by molar-refractivity contribution is 7.89. The smallest absolute Gasteiger partial charge is 0.308 e. The number of benzene rings is 2. The summed E-state index contributed by atoms with van der Waals surface area (Å²) in [4.78, 5) is 12.4.